The average Bonchev–Trinajstić information content (AvgIpc) is 2.82. The second-order valence-corrected chi connectivity index (χ2v) is 9.15. The summed E-state index contributed by atoms with van der Waals surface area (Å²) in [6.07, 6.45) is 3.32. The van der Waals surface area contributed by atoms with Crippen molar-refractivity contribution in [3.8, 4) is 5.75 Å². The van der Waals surface area contributed by atoms with Crippen LogP contribution in [0.3, 0.4) is 0 Å². The Hall–Kier alpha value is -2.40. The minimum atomic E-state index is 0.0249. The molecule has 0 atom stereocenters. The topological polar surface area (TPSA) is 55.5 Å². The minimum absolute atomic E-state index is 0.0249. The van der Waals surface area contributed by atoms with Gasteiger partial charge in [-0.2, -0.15) is 0 Å². The number of nitrogens with two attached hydrogens (primary N) is 1. The fourth-order valence-electron chi connectivity index (χ4n) is 3.38. The molecule has 0 aromatic heterocycles. The number of ether oxygens (including phenoxy) is 1. The van der Waals surface area contributed by atoms with Crippen molar-refractivity contribution < 1.29 is 9.84 Å². The molecule has 0 heterocycles. The molecule has 0 aliphatic carbocycles. The Kier molecular flexibility index (Phi) is 9.54. The van der Waals surface area contributed by atoms with Crippen LogP contribution in [0.4, 0.5) is 0 Å². The van der Waals surface area contributed by atoms with Gasteiger partial charge in [0.15, 0.2) is 0 Å². The van der Waals surface area contributed by atoms with Crippen molar-refractivity contribution in [3.63, 3.8) is 0 Å². The molecule has 32 heavy (non-hydrogen) atoms. The van der Waals surface area contributed by atoms with E-state index >= 15 is 0 Å². The highest BCUT2D eigenvalue weighted by molar-refractivity contribution is 7.99. The summed E-state index contributed by atoms with van der Waals surface area (Å²) in [7, 11) is 0. The van der Waals surface area contributed by atoms with E-state index < -0.39 is 0 Å². The van der Waals surface area contributed by atoms with Gasteiger partial charge in [-0.05, 0) is 72.7 Å². The highest BCUT2D eigenvalue weighted by Crippen LogP contribution is 2.33. The first-order chi connectivity index (χ1) is 15.6. The van der Waals surface area contributed by atoms with Crippen LogP contribution in [0.15, 0.2) is 93.9 Å². The first-order valence-electron chi connectivity index (χ1n) is 10.9. The molecule has 168 valence electrons. The van der Waals surface area contributed by atoms with Gasteiger partial charge in [-0.15, -0.1) is 0 Å². The number of benzene rings is 3. The Labute approximate surface area is 200 Å². The van der Waals surface area contributed by atoms with Gasteiger partial charge in [0, 0.05) is 20.5 Å². The first-order valence-corrected chi connectivity index (χ1v) is 12.1. The van der Waals surface area contributed by atoms with Gasteiger partial charge >= 0.3 is 0 Å². The molecule has 3 aromatic rings. The molecule has 3 nitrogen and oxygen atoms in total. The van der Waals surface area contributed by atoms with Crippen LogP contribution < -0.4 is 10.5 Å². The van der Waals surface area contributed by atoms with Crippen molar-refractivity contribution in [2.45, 2.75) is 49.0 Å². The van der Waals surface area contributed by atoms with Crippen LogP contribution >= 0.6 is 23.4 Å². The van der Waals surface area contributed by atoms with Gasteiger partial charge in [0.25, 0.3) is 0 Å². The van der Waals surface area contributed by atoms with Gasteiger partial charge in [0.05, 0.1) is 6.61 Å². The molecule has 0 aliphatic heterocycles. The van der Waals surface area contributed by atoms with E-state index in [2.05, 4.69) is 36.4 Å². The number of allylic oxidation sites excluding steroid dienone is 1. The predicted molar refractivity (Wildman–Crippen MR) is 134 cm³/mol. The van der Waals surface area contributed by atoms with Crippen molar-refractivity contribution in [1.82, 2.24) is 0 Å². The fourth-order valence-corrected chi connectivity index (χ4v) is 4.63. The highest BCUT2D eigenvalue weighted by atomic mass is 35.5. The molecule has 3 aromatic carbocycles. The monoisotopic (exact) mass is 467 g/mol. The third kappa shape index (κ3) is 7.33. The van der Waals surface area contributed by atoms with Crippen molar-refractivity contribution >= 4 is 23.4 Å². The molecule has 0 radical (unpaired) electrons. The Morgan fingerprint density at radius 1 is 1.00 bits per heavy atom. The summed E-state index contributed by atoms with van der Waals surface area (Å²) in [4.78, 5) is 2.19. The lowest BCUT2D eigenvalue weighted by molar-refractivity contribution is 0.305. The van der Waals surface area contributed by atoms with E-state index in [-0.39, 0.29) is 6.61 Å². The third-order valence-electron chi connectivity index (χ3n) is 5.26. The Bertz CT molecular complexity index is 1040. The van der Waals surface area contributed by atoms with E-state index in [1.54, 1.807) is 11.8 Å². The predicted octanol–water partition coefficient (Wildman–Crippen LogP) is 7.01. The Morgan fingerprint density at radius 2 is 1.78 bits per heavy atom. The van der Waals surface area contributed by atoms with Gasteiger partial charge < -0.3 is 15.6 Å². The van der Waals surface area contributed by atoms with Crippen molar-refractivity contribution in [1.29, 1.82) is 0 Å². The van der Waals surface area contributed by atoms with Crippen LogP contribution in [-0.4, -0.2) is 11.7 Å². The number of rotatable bonds is 11. The summed E-state index contributed by atoms with van der Waals surface area (Å²) in [6, 6.07) is 24.5. The summed E-state index contributed by atoms with van der Waals surface area (Å²) in [5.74, 6) is 0.848. The zero-order valence-electron chi connectivity index (χ0n) is 18.4. The summed E-state index contributed by atoms with van der Waals surface area (Å²) < 4.78 is 5.94. The molecule has 0 spiro atoms. The van der Waals surface area contributed by atoms with E-state index in [9.17, 15) is 5.11 Å². The lowest BCUT2D eigenvalue weighted by Gasteiger charge is -2.11. The fraction of sp³-hybridized carbons (Fsp3) is 0.259. The van der Waals surface area contributed by atoms with Gasteiger partial charge in [-0.3, -0.25) is 0 Å². The molecule has 0 bridgehead atoms. The molecular formula is C27H30ClNO2S. The van der Waals surface area contributed by atoms with E-state index in [0.29, 0.717) is 6.61 Å². The largest absolute Gasteiger partial charge is 0.489 e. The zero-order valence-corrected chi connectivity index (χ0v) is 20.0. The van der Waals surface area contributed by atoms with Crippen LogP contribution in [0, 0.1) is 0 Å². The molecule has 0 amide bonds. The maximum atomic E-state index is 9.49. The maximum Gasteiger partial charge on any atom is 0.120 e. The van der Waals surface area contributed by atoms with Crippen LogP contribution in [0.2, 0.25) is 5.02 Å². The van der Waals surface area contributed by atoms with E-state index in [1.807, 2.05) is 43.3 Å². The number of hydrogen-bond donors (Lipinski definition) is 2. The summed E-state index contributed by atoms with van der Waals surface area (Å²) in [5.41, 5.74) is 9.96. The van der Waals surface area contributed by atoms with E-state index in [0.717, 1.165) is 68.6 Å². The van der Waals surface area contributed by atoms with Gasteiger partial charge in [-0.1, -0.05) is 72.8 Å². The highest BCUT2D eigenvalue weighted by Gasteiger charge is 2.07. The summed E-state index contributed by atoms with van der Waals surface area (Å²) in [5, 5.41) is 10.3. The maximum absolute atomic E-state index is 9.49. The molecule has 5 heteroatoms. The Morgan fingerprint density at radius 3 is 2.50 bits per heavy atom. The van der Waals surface area contributed by atoms with E-state index in [1.165, 1.54) is 0 Å². The lowest BCUT2D eigenvalue weighted by Crippen LogP contribution is -2.05. The van der Waals surface area contributed by atoms with Crippen LogP contribution in [-0.2, 0) is 13.0 Å². The van der Waals surface area contributed by atoms with Crippen LogP contribution in [0.25, 0.3) is 0 Å². The second-order valence-electron chi connectivity index (χ2n) is 7.60. The third-order valence-corrected chi connectivity index (χ3v) is 6.60. The van der Waals surface area contributed by atoms with Crippen LogP contribution in [0.1, 0.15) is 37.3 Å². The van der Waals surface area contributed by atoms with Crippen molar-refractivity contribution in [2.75, 3.05) is 6.61 Å². The van der Waals surface area contributed by atoms with Gasteiger partial charge in [0.1, 0.15) is 12.4 Å². The zero-order chi connectivity index (χ0) is 22.8. The first kappa shape index (κ1) is 24.2. The van der Waals surface area contributed by atoms with Crippen molar-refractivity contribution in [2.24, 2.45) is 5.73 Å². The molecule has 0 aliphatic rings. The van der Waals surface area contributed by atoms with Crippen molar-refractivity contribution in [3.05, 3.63) is 100 Å². The summed E-state index contributed by atoms with van der Waals surface area (Å²) >= 11 is 8.22. The number of aryl methyl sites for hydroxylation is 1. The molecule has 0 saturated heterocycles. The van der Waals surface area contributed by atoms with Crippen LogP contribution in [0.5, 0.6) is 5.75 Å². The lowest BCUT2D eigenvalue weighted by atomic mass is 10.0. The average molecular weight is 468 g/mol. The number of aliphatic hydroxyl groups excluding tert-OH is 1. The normalized spacial score (nSPS) is 11.8. The molecule has 3 N–H and O–H groups in total. The molecule has 0 fully saturated rings. The van der Waals surface area contributed by atoms with E-state index in [4.69, 9.17) is 22.1 Å². The summed E-state index contributed by atoms with van der Waals surface area (Å²) in [6.45, 7) is 2.58. The number of hydrogen-bond acceptors (Lipinski definition) is 4. The number of aliphatic hydroxyl groups is 1. The molecular weight excluding hydrogens is 438 g/mol. The van der Waals surface area contributed by atoms with Gasteiger partial charge in [-0.25, -0.2) is 0 Å². The minimum Gasteiger partial charge on any atom is -0.489 e. The second kappa shape index (κ2) is 12.6. The molecule has 0 saturated carbocycles. The standard InChI is InChI=1S/C27H30ClNO2S/c1-2-27(29)22(18-30)11-6-10-21-14-15-25(17-26(21)28)32-24-13-7-12-23(16-24)31-19-20-8-4-3-5-9-20/h3-5,7-9,12-17,30H,2,6,10-11,18-19,29H2,1H3/b27-22+. The molecule has 3 rings (SSSR count). The smallest absolute Gasteiger partial charge is 0.120 e. The van der Waals surface area contributed by atoms with Gasteiger partial charge in [0.2, 0.25) is 0 Å². The molecule has 0 unspecified atom stereocenters. The Balaban J connectivity index is 1.57. The SMILES string of the molecule is CC/C(N)=C(\CO)CCCc1ccc(Sc2cccc(OCc3ccccc3)c2)cc1Cl. The number of halogens is 1. The quantitative estimate of drug-likeness (QED) is 0.318.